The second kappa shape index (κ2) is 12.5. The van der Waals surface area contributed by atoms with Gasteiger partial charge in [-0.05, 0) is 59.9 Å². The summed E-state index contributed by atoms with van der Waals surface area (Å²) in [5, 5.41) is 11.8. The molecule has 2 atom stereocenters. The van der Waals surface area contributed by atoms with E-state index in [2.05, 4.69) is 6.92 Å². The van der Waals surface area contributed by atoms with Crippen molar-refractivity contribution in [2.75, 3.05) is 20.8 Å². The molecule has 0 saturated heterocycles. The number of carbonyl (C=O) groups is 1. The number of hydrogen-bond acceptors (Lipinski definition) is 6. The highest BCUT2D eigenvalue weighted by Crippen LogP contribution is 2.40. The van der Waals surface area contributed by atoms with Crippen molar-refractivity contribution in [1.82, 2.24) is 4.90 Å². The van der Waals surface area contributed by atoms with Gasteiger partial charge < -0.3 is 25.2 Å². The van der Waals surface area contributed by atoms with Gasteiger partial charge >= 0.3 is 0 Å². The van der Waals surface area contributed by atoms with Gasteiger partial charge in [-0.1, -0.05) is 31.2 Å². The number of amides is 1. The predicted octanol–water partition coefficient (Wildman–Crippen LogP) is 5.33. The summed E-state index contributed by atoms with van der Waals surface area (Å²) >= 11 is 1.32. The lowest BCUT2D eigenvalue weighted by Gasteiger charge is -2.28. The Morgan fingerprint density at radius 2 is 1.72 bits per heavy atom. The Kier molecular flexibility index (Phi) is 9.16. The van der Waals surface area contributed by atoms with Crippen molar-refractivity contribution in [2.45, 2.75) is 38.5 Å². The fourth-order valence-electron chi connectivity index (χ4n) is 4.58. The van der Waals surface area contributed by atoms with Gasteiger partial charge in [-0.3, -0.25) is 4.79 Å². The highest BCUT2D eigenvalue weighted by atomic mass is 32.1. The molecule has 4 rings (SSSR count). The number of methoxy groups -OCH3 is 2. The van der Waals surface area contributed by atoms with E-state index in [4.69, 9.17) is 15.2 Å². The first-order valence-electron chi connectivity index (χ1n) is 12.6. The number of aliphatic hydroxyl groups excluding tert-OH is 1. The average Bonchev–Trinajstić information content (AvgIpc) is 3.35. The van der Waals surface area contributed by atoms with Crippen LogP contribution in [0.5, 0.6) is 11.5 Å². The van der Waals surface area contributed by atoms with Crippen LogP contribution in [-0.2, 0) is 19.4 Å². The molecule has 1 amide bonds. The minimum absolute atomic E-state index is 0.0447. The second-order valence-corrected chi connectivity index (χ2v) is 10.5. The third kappa shape index (κ3) is 6.73. The SMILES string of the molecule is CCc1cccc(CN(C[C@@H](O)[C@@H](N)Cc2cc(F)cc(F)c2)C(=O)c2cc3c(OC)c(OC)ccc3s2)c1. The quantitative estimate of drug-likeness (QED) is 0.262. The number of rotatable bonds is 11. The zero-order chi connectivity index (χ0) is 28.1. The van der Waals surface area contributed by atoms with Crippen LogP contribution in [0.3, 0.4) is 0 Å². The monoisotopic (exact) mass is 554 g/mol. The smallest absolute Gasteiger partial charge is 0.264 e. The molecule has 39 heavy (non-hydrogen) atoms. The number of aliphatic hydroxyl groups is 1. The highest BCUT2D eigenvalue weighted by Gasteiger charge is 2.26. The number of nitrogens with zero attached hydrogens (tertiary/aromatic N) is 1. The maximum atomic E-state index is 13.8. The van der Waals surface area contributed by atoms with Crippen molar-refractivity contribution in [3.63, 3.8) is 0 Å². The Morgan fingerprint density at radius 3 is 2.38 bits per heavy atom. The topological polar surface area (TPSA) is 85.0 Å². The van der Waals surface area contributed by atoms with E-state index in [1.165, 1.54) is 23.5 Å². The molecule has 4 aromatic rings. The number of ether oxygens (including phenoxy) is 2. The molecule has 3 aromatic carbocycles. The summed E-state index contributed by atoms with van der Waals surface area (Å²) in [6, 6.07) is 15.6. The Morgan fingerprint density at radius 1 is 1.00 bits per heavy atom. The standard InChI is InChI=1S/C30H32F2N2O4S/c1-4-18-6-5-7-19(10-18)16-34(17-25(35)24(33)13-20-11-21(31)14-22(32)12-20)30(36)28-15-23-27(39-28)9-8-26(37-2)29(23)38-3/h5-12,14-15,24-25,35H,4,13,16-17,33H2,1-3H3/t24-,25+/m0/s1. The second-order valence-electron chi connectivity index (χ2n) is 9.40. The van der Waals surface area contributed by atoms with Crippen LogP contribution in [0.4, 0.5) is 8.78 Å². The van der Waals surface area contributed by atoms with Crippen molar-refractivity contribution >= 4 is 27.3 Å². The number of thiophene rings is 1. The lowest BCUT2D eigenvalue weighted by atomic mass is 10.0. The zero-order valence-electron chi connectivity index (χ0n) is 22.1. The van der Waals surface area contributed by atoms with Crippen LogP contribution in [0.25, 0.3) is 10.1 Å². The molecule has 0 aliphatic rings. The van der Waals surface area contributed by atoms with E-state index >= 15 is 0 Å². The minimum Gasteiger partial charge on any atom is -0.493 e. The first-order chi connectivity index (χ1) is 18.7. The van der Waals surface area contributed by atoms with E-state index in [0.717, 1.165) is 33.7 Å². The first-order valence-corrected chi connectivity index (χ1v) is 13.4. The van der Waals surface area contributed by atoms with Crippen molar-refractivity contribution in [3.8, 4) is 11.5 Å². The van der Waals surface area contributed by atoms with E-state index in [1.807, 2.05) is 30.3 Å². The molecule has 0 saturated carbocycles. The first kappa shape index (κ1) is 28.5. The van der Waals surface area contributed by atoms with Crippen LogP contribution in [-0.4, -0.2) is 48.8 Å². The third-order valence-electron chi connectivity index (χ3n) is 6.61. The Labute approximate surface area is 230 Å². The van der Waals surface area contributed by atoms with Crippen molar-refractivity contribution in [2.24, 2.45) is 5.73 Å². The summed E-state index contributed by atoms with van der Waals surface area (Å²) in [5.41, 5.74) is 8.62. The van der Waals surface area contributed by atoms with Crippen LogP contribution in [0.15, 0.2) is 60.7 Å². The van der Waals surface area contributed by atoms with Gasteiger partial charge in [-0.2, -0.15) is 0 Å². The predicted molar refractivity (Wildman–Crippen MR) is 150 cm³/mol. The third-order valence-corrected chi connectivity index (χ3v) is 7.69. The summed E-state index contributed by atoms with van der Waals surface area (Å²) in [4.78, 5) is 15.9. The van der Waals surface area contributed by atoms with Crippen LogP contribution < -0.4 is 15.2 Å². The molecule has 0 aliphatic carbocycles. The fourth-order valence-corrected chi connectivity index (χ4v) is 5.61. The number of hydrogen-bond donors (Lipinski definition) is 2. The molecule has 3 N–H and O–H groups in total. The molecule has 6 nitrogen and oxygen atoms in total. The lowest BCUT2D eigenvalue weighted by molar-refractivity contribution is 0.0558. The summed E-state index contributed by atoms with van der Waals surface area (Å²) < 4.78 is 39.1. The van der Waals surface area contributed by atoms with Gasteiger partial charge in [0.25, 0.3) is 5.91 Å². The van der Waals surface area contributed by atoms with Crippen molar-refractivity contribution < 1.29 is 28.2 Å². The maximum absolute atomic E-state index is 13.8. The number of halogens is 2. The van der Waals surface area contributed by atoms with E-state index in [9.17, 15) is 18.7 Å². The molecule has 0 spiro atoms. The van der Waals surface area contributed by atoms with Crippen LogP contribution in [0.1, 0.15) is 33.3 Å². The molecule has 206 valence electrons. The maximum Gasteiger partial charge on any atom is 0.264 e. The molecule has 1 heterocycles. The normalized spacial score (nSPS) is 12.8. The summed E-state index contributed by atoms with van der Waals surface area (Å²) in [7, 11) is 3.10. The molecule has 0 fully saturated rings. The van der Waals surface area contributed by atoms with Gasteiger partial charge in [-0.25, -0.2) is 8.78 Å². The van der Waals surface area contributed by atoms with Crippen LogP contribution in [0, 0.1) is 11.6 Å². The molecule has 0 radical (unpaired) electrons. The number of nitrogens with two attached hydrogens (primary N) is 1. The molecule has 0 unspecified atom stereocenters. The van der Waals surface area contributed by atoms with E-state index in [0.29, 0.717) is 21.9 Å². The van der Waals surface area contributed by atoms with E-state index in [1.54, 1.807) is 31.3 Å². The molecule has 9 heteroatoms. The van der Waals surface area contributed by atoms with Gasteiger partial charge in [-0.15, -0.1) is 11.3 Å². The zero-order valence-corrected chi connectivity index (χ0v) is 22.9. The number of carbonyl (C=O) groups excluding carboxylic acids is 1. The number of aryl methyl sites for hydroxylation is 1. The Hall–Kier alpha value is -3.53. The lowest BCUT2D eigenvalue weighted by Crippen LogP contribution is -2.46. The largest absolute Gasteiger partial charge is 0.493 e. The van der Waals surface area contributed by atoms with Crippen LogP contribution in [0.2, 0.25) is 0 Å². The van der Waals surface area contributed by atoms with Crippen molar-refractivity contribution in [3.05, 3.63) is 93.9 Å². The number of fused-ring (bicyclic) bond motifs is 1. The van der Waals surface area contributed by atoms with Crippen LogP contribution >= 0.6 is 11.3 Å². The molecule has 0 bridgehead atoms. The van der Waals surface area contributed by atoms with Gasteiger partial charge in [0.2, 0.25) is 0 Å². The Balaban J connectivity index is 1.62. The fraction of sp³-hybridized carbons (Fsp3) is 0.300. The molecular formula is C30H32F2N2O4S. The highest BCUT2D eigenvalue weighted by molar-refractivity contribution is 7.20. The van der Waals surface area contributed by atoms with Gasteiger partial charge in [0.05, 0.1) is 25.2 Å². The Bertz CT molecular complexity index is 1440. The summed E-state index contributed by atoms with van der Waals surface area (Å²) in [6.07, 6.45) is -0.251. The van der Waals surface area contributed by atoms with E-state index in [-0.39, 0.29) is 25.4 Å². The minimum atomic E-state index is -1.14. The van der Waals surface area contributed by atoms with Crippen molar-refractivity contribution in [1.29, 1.82) is 0 Å². The van der Waals surface area contributed by atoms with Gasteiger partial charge in [0.15, 0.2) is 11.5 Å². The number of benzene rings is 3. The van der Waals surface area contributed by atoms with Gasteiger partial charge in [0, 0.05) is 35.3 Å². The van der Waals surface area contributed by atoms with E-state index < -0.39 is 23.8 Å². The molecule has 1 aromatic heterocycles. The average molecular weight is 555 g/mol. The van der Waals surface area contributed by atoms with Gasteiger partial charge in [0.1, 0.15) is 11.6 Å². The molecular weight excluding hydrogens is 522 g/mol. The summed E-state index contributed by atoms with van der Waals surface area (Å²) in [6.45, 7) is 2.24. The summed E-state index contributed by atoms with van der Waals surface area (Å²) in [5.74, 6) is -0.600. The molecule has 0 aliphatic heterocycles.